The van der Waals surface area contributed by atoms with E-state index in [0.29, 0.717) is 12.1 Å². The maximum Gasteiger partial charge on any atom is 0.311 e. The smallest absolute Gasteiger partial charge is 0.311 e. The lowest BCUT2D eigenvalue weighted by Gasteiger charge is -2.06. The van der Waals surface area contributed by atoms with E-state index in [2.05, 4.69) is 5.32 Å². The molecule has 0 atom stereocenters. The summed E-state index contributed by atoms with van der Waals surface area (Å²) in [5, 5.41) is 32.3. The summed E-state index contributed by atoms with van der Waals surface area (Å²) in [5.41, 5.74) is 0.00375. The van der Waals surface area contributed by atoms with Crippen LogP contribution in [0, 0.1) is 10.1 Å². The van der Waals surface area contributed by atoms with Crippen molar-refractivity contribution in [2.75, 3.05) is 6.54 Å². The summed E-state index contributed by atoms with van der Waals surface area (Å²) in [6.45, 7) is 3.08. The monoisotopic (exact) mass is 226 g/mol. The van der Waals surface area contributed by atoms with Crippen LogP contribution in [-0.2, 0) is 6.54 Å². The van der Waals surface area contributed by atoms with Crippen molar-refractivity contribution in [3.8, 4) is 11.5 Å². The fourth-order valence-corrected chi connectivity index (χ4v) is 1.30. The zero-order valence-corrected chi connectivity index (χ0v) is 8.93. The maximum absolute atomic E-state index is 10.6. The van der Waals surface area contributed by atoms with E-state index < -0.39 is 16.4 Å². The van der Waals surface area contributed by atoms with Crippen molar-refractivity contribution < 1.29 is 15.1 Å². The predicted molar refractivity (Wildman–Crippen MR) is 58.4 cm³/mol. The largest absolute Gasteiger partial charge is 0.507 e. The molecule has 6 heteroatoms. The van der Waals surface area contributed by atoms with Gasteiger partial charge in [0.2, 0.25) is 0 Å². The van der Waals surface area contributed by atoms with Gasteiger partial charge >= 0.3 is 5.69 Å². The van der Waals surface area contributed by atoms with Crippen molar-refractivity contribution >= 4 is 5.69 Å². The highest BCUT2D eigenvalue weighted by Gasteiger charge is 2.16. The number of nitrogens with one attached hydrogen (secondary N) is 1. The van der Waals surface area contributed by atoms with Crippen molar-refractivity contribution in [3.05, 3.63) is 27.8 Å². The normalized spacial score (nSPS) is 10.3. The Balaban J connectivity index is 2.91. The average molecular weight is 226 g/mol. The number of phenols is 2. The molecule has 0 amide bonds. The Morgan fingerprint density at radius 1 is 1.38 bits per heavy atom. The molecular formula is C10H14N2O4. The number of aromatic hydroxyl groups is 2. The second-order valence-electron chi connectivity index (χ2n) is 3.40. The van der Waals surface area contributed by atoms with Gasteiger partial charge in [0.05, 0.1) is 4.92 Å². The van der Waals surface area contributed by atoms with Crippen LogP contribution < -0.4 is 5.32 Å². The van der Waals surface area contributed by atoms with Crippen LogP contribution in [0.1, 0.15) is 18.9 Å². The Bertz CT molecular complexity index is 393. The van der Waals surface area contributed by atoms with Crippen molar-refractivity contribution in [2.45, 2.75) is 19.9 Å². The summed E-state index contributed by atoms with van der Waals surface area (Å²) >= 11 is 0. The summed E-state index contributed by atoms with van der Waals surface area (Å²) < 4.78 is 0. The van der Waals surface area contributed by atoms with Gasteiger partial charge in [0.25, 0.3) is 0 Å². The topological polar surface area (TPSA) is 95.6 Å². The lowest BCUT2D eigenvalue weighted by Crippen LogP contribution is -2.14. The standard InChI is InChI=1S/C10H14N2O4/c1-2-3-11-6-7-4-8(12(15)16)10(14)5-9(7)13/h4-5,11,13-14H,2-3,6H2,1H3. The van der Waals surface area contributed by atoms with Crippen molar-refractivity contribution in [2.24, 2.45) is 0 Å². The minimum absolute atomic E-state index is 0.147. The number of rotatable bonds is 5. The molecular weight excluding hydrogens is 212 g/mol. The fourth-order valence-electron chi connectivity index (χ4n) is 1.30. The predicted octanol–water partition coefficient (Wildman–Crippen LogP) is 1.51. The number of nitro groups is 1. The molecule has 6 nitrogen and oxygen atoms in total. The highest BCUT2D eigenvalue weighted by molar-refractivity contribution is 5.53. The first-order valence-corrected chi connectivity index (χ1v) is 4.96. The molecule has 0 unspecified atom stereocenters. The lowest BCUT2D eigenvalue weighted by molar-refractivity contribution is -0.385. The van der Waals surface area contributed by atoms with E-state index in [0.717, 1.165) is 19.0 Å². The third-order valence-corrected chi connectivity index (χ3v) is 2.11. The second-order valence-corrected chi connectivity index (χ2v) is 3.40. The van der Waals surface area contributed by atoms with Gasteiger partial charge in [0.15, 0.2) is 5.75 Å². The van der Waals surface area contributed by atoms with Crippen LogP contribution >= 0.6 is 0 Å². The molecule has 88 valence electrons. The van der Waals surface area contributed by atoms with Gasteiger partial charge in [-0.3, -0.25) is 10.1 Å². The van der Waals surface area contributed by atoms with Crippen LogP contribution in [-0.4, -0.2) is 21.7 Å². The molecule has 0 radical (unpaired) electrons. The van der Waals surface area contributed by atoms with Gasteiger partial charge in [-0.2, -0.15) is 0 Å². The molecule has 0 aliphatic rings. The van der Waals surface area contributed by atoms with E-state index in [1.54, 1.807) is 0 Å². The summed E-state index contributed by atoms with van der Waals surface area (Å²) in [7, 11) is 0. The first-order chi connectivity index (χ1) is 7.56. The van der Waals surface area contributed by atoms with E-state index in [9.17, 15) is 20.3 Å². The molecule has 16 heavy (non-hydrogen) atoms. The first-order valence-electron chi connectivity index (χ1n) is 4.96. The number of nitrogens with zero attached hydrogens (tertiary/aromatic N) is 1. The zero-order chi connectivity index (χ0) is 12.1. The lowest BCUT2D eigenvalue weighted by atomic mass is 10.1. The Labute approximate surface area is 92.7 Å². The van der Waals surface area contributed by atoms with Crippen LogP contribution in [0.5, 0.6) is 11.5 Å². The third-order valence-electron chi connectivity index (χ3n) is 2.11. The second kappa shape index (κ2) is 5.32. The Hall–Kier alpha value is -1.82. The van der Waals surface area contributed by atoms with Crippen LogP contribution in [0.25, 0.3) is 0 Å². The van der Waals surface area contributed by atoms with E-state index in [-0.39, 0.29) is 5.75 Å². The van der Waals surface area contributed by atoms with Crippen molar-refractivity contribution in [1.82, 2.24) is 5.32 Å². The molecule has 0 saturated carbocycles. The maximum atomic E-state index is 10.6. The SMILES string of the molecule is CCCNCc1cc([N+](=O)[O-])c(O)cc1O. The third kappa shape index (κ3) is 2.83. The molecule has 0 spiro atoms. The summed E-state index contributed by atoms with van der Waals surface area (Å²) in [5.74, 6) is -0.673. The van der Waals surface area contributed by atoms with Gasteiger partial charge in [-0.25, -0.2) is 0 Å². The summed E-state index contributed by atoms with van der Waals surface area (Å²) in [6, 6.07) is 2.16. The molecule has 0 fully saturated rings. The van der Waals surface area contributed by atoms with Gasteiger partial charge in [-0.05, 0) is 13.0 Å². The van der Waals surface area contributed by atoms with Gasteiger partial charge < -0.3 is 15.5 Å². The first kappa shape index (κ1) is 12.3. The molecule has 0 aliphatic carbocycles. The van der Waals surface area contributed by atoms with E-state index in [1.807, 2.05) is 6.92 Å². The fraction of sp³-hybridized carbons (Fsp3) is 0.400. The van der Waals surface area contributed by atoms with Gasteiger partial charge in [0.1, 0.15) is 5.75 Å². The molecule has 0 aliphatic heterocycles. The number of hydrogen-bond acceptors (Lipinski definition) is 5. The van der Waals surface area contributed by atoms with E-state index >= 15 is 0 Å². The van der Waals surface area contributed by atoms with Crippen LogP contribution in [0.15, 0.2) is 12.1 Å². The Morgan fingerprint density at radius 3 is 2.62 bits per heavy atom. The van der Waals surface area contributed by atoms with Crippen LogP contribution in [0.3, 0.4) is 0 Å². The van der Waals surface area contributed by atoms with Crippen LogP contribution in [0.2, 0.25) is 0 Å². The van der Waals surface area contributed by atoms with E-state index in [4.69, 9.17) is 0 Å². The molecule has 1 rings (SSSR count). The molecule has 0 saturated heterocycles. The van der Waals surface area contributed by atoms with Gasteiger partial charge in [0, 0.05) is 24.2 Å². The molecule has 0 bridgehead atoms. The molecule has 1 aromatic rings. The van der Waals surface area contributed by atoms with Crippen molar-refractivity contribution in [1.29, 1.82) is 0 Å². The van der Waals surface area contributed by atoms with Gasteiger partial charge in [-0.15, -0.1) is 0 Å². The summed E-state index contributed by atoms with van der Waals surface area (Å²) in [6.07, 6.45) is 0.931. The number of phenolic OH excluding ortho intramolecular Hbond substituents is 2. The molecule has 0 aromatic heterocycles. The van der Waals surface area contributed by atoms with Crippen molar-refractivity contribution in [3.63, 3.8) is 0 Å². The minimum Gasteiger partial charge on any atom is -0.507 e. The zero-order valence-electron chi connectivity index (χ0n) is 8.93. The van der Waals surface area contributed by atoms with Gasteiger partial charge in [-0.1, -0.05) is 6.92 Å². The molecule has 1 aromatic carbocycles. The average Bonchev–Trinajstić information content (AvgIpc) is 2.21. The Kier molecular flexibility index (Phi) is 4.07. The highest BCUT2D eigenvalue weighted by atomic mass is 16.6. The number of hydrogen-bond donors (Lipinski definition) is 3. The minimum atomic E-state index is -0.682. The summed E-state index contributed by atoms with van der Waals surface area (Å²) in [4.78, 5) is 9.88. The van der Waals surface area contributed by atoms with Crippen LogP contribution in [0.4, 0.5) is 5.69 Å². The molecule has 3 N–H and O–H groups in total. The highest BCUT2D eigenvalue weighted by Crippen LogP contribution is 2.32. The molecule has 0 heterocycles. The quantitative estimate of drug-likeness (QED) is 0.401. The number of nitro benzene ring substituents is 1. The Morgan fingerprint density at radius 2 is 2.06 bits per heavy atom. The van der Waals surface area contributed by atoms with E-state index in [1.165, 1.54) is 6.07 Å². The number of benzene rings is 1.